The van der Waals surface area contributed by atoms with Gasteiger partial charge in [-0.2, -0.15) is 0 Å². The fraction of sp³-hybridized carbons (Fsp3) is 0.143. The number of methoxy groups -OCH3 is 1. The second-order valence-electron chi connectivity index (χ2n) is 6.25. The van der Waals surface area contributed by atoms with Crippen molar-refractivity contribution >= 4 is 37.9 Å². The van der Waals surface area contributed by atoms with Crippen molar-refractivity contribution in [3.63, 3.8) is 0 Å². The molecule has 0 amide bonds. The number of carbonyl (C=O) groups is 1. The van der Waals surface area contributed by atoms with Gasteiger partial charge in [0.05, 0.1) is 24.2 Å². The number of rotatable bonds is 5. The van der Waals surface area contributed by atoms with E-state index < -0.39 is 16.0 Å². The van der Waals surface area contributed by atoms with Gasteiger partial charge in [0.15, 0.2) is 5.65 Å². The number of carbonyl (C=O) groups excluding carboxylic acids is 1. The molecule has 0 unspecified atom stereocenters. The van der Waals surface area contributed by atoms with E-state index in [9.17, 15) is 13.2 Å². The Hall–Kier alpha value is -3.39. The van der Waals surface area contributed by atoms with Gasteiger partial charge in [-0.25, -0.2) is 22.2 Å². The molecule has 8 heteroatoms. The Bertz CT molecular complexity index is 1330. The largest absolute Gasteiger partial charge is 0.494 e. The van der Waals surface area contributed by atoms with Crippen LogP contribution in [0.1, 0.15) is 17.3 Å². The van der Waals surface area contributed by atoms with Crippen molar-refractivity contribution in [3.8, 4) is 5.75 Å². The molecule has 0 radical (unpaired) electrons. The third-order valence-electron chi connectivity index (χ3n) is 4.56. The molecule has 4 aromatic rings. The van der Waals surface area contributed by atoms with E-state index in [2.05, 4.69) is 4.98 Å². The molecule has 0 saturated heterocycles. The minimum atomic E-state index is -3.97. The van der Waals surface area contributed by atoms with Crippen molar-refractivity contribution in [3.05, 3.63) is 66.4 Å². The van der Waals surface area contributed by atoms with Crippen molar-refractivity contribution in [1.82, 2.24) is 8.96 Å². The van der Waals surface area contributed by atoms with Crippen molar-refractivity contribution < 1.29 is 22.7 Å². The second kappa shape index (κ2) is 7.21. The van der Waals surface area contributed by atoms with Crippen LogP contribution in [-0.4, -0.2) is 37.1 Å². The average molecular weight is 410 g/mol. The van der Waals surface area contributed by atoms with E-state index in [1.54, 1.807) is 43.3 Å². The van der Waals surface area contributed by atoms with Crippen molar-refractivity contribution in [2.75, 3.05) is 13.7 Å². The zero-order valence-corrected chi connectivity index (χ0v) is 16.6. The highest BCUT2D eigenvalue weighted by molar-refractivity contribution is 7.90. The summed E-state index contributed by atoms with van der Waals surface area (Å²) in [5.74, 6) is -0.272. The van der Waals surface area contributed by atoms with Crippen LogP contribution in [-0.2, 0) is 14.8 Å². The summed E-state index contributed by atoms with van der Waals surface area (Å²) < 4.78 is 38.7. The maximum Gasteiger partial charge on any atom is 0.338 e. The Balaban J connectivity index is 2.14. The lowest BCUT2D eigenvalue weighted by molar-refractivity contribution is 0.0526. The molecule has 7 nitrogen and oxygen atoms in total. The SMILES string of the molecule is CCOC(=O)c1cc(OC)c2c(c1)c1cccnc1n2S(=O)(=O)c1ccccc1. The molecule has 0 N–H and O–H groups in total. The Morgan fingerprint density at radius 1 is 1.07 bits per heavy atom. The molecule has 0 bridgehead atoms. The molecule has 0 aliphatic heterocycles. The molecule has 0 atom stereocenters. The maximum atomic E-state index is 13.5. The third-order valence-corrected chi connectivity index (χ3v) is 6.26. The number of esters is 1. The van der Waals surface area contributed by atoms with Gasteiger partial charge in [-0.1, -0.05) is 18.2 Å². The summed E-state index contributed by atoms with van der Waals surface area (Å²) in [6, 6.07) is 14.7. The van der Waals surface area contributed by atoms with Crippen LogP contribution in [0.5, 0.6) is 5.75 Å². The predicted octanol–water partition coefficient (Wildman–Crippen LogP) is 3.61. The summed E-state index contributed by atoms with van der Waals surface area (Å²) in [5, 5.41) is 1.13. The summed E-state index contributed by atoms with van der Waals surface area (Å²) >= 11 is 0. The van der Waals surface area contributed by atoms with Crippen LogP contribution in [0, 0.1) is 0 Å². The van der Waals surface area contributed by atoms with Gasteiger partial charge in [-0.3, -0.25) is 0 Å². The number of ether oxygens (including phenoxy) is 2. The van der Waals surface area contributed by atoms with Crippen LogP contribution in [0.2, 0.25) is 0 Å². The highest BCUT2D eigenvalue weighted by Gasteiger charge is 2.27. The third kappa shape index (κ3) is 3.01. The topological polar surface area (TPSA) is 87.5 Å². The van der Waals surface area contributed by atoms with Crippen molar-refractivity contribution in [2.45, 2.75) is 11.8 Å². The van der Waals surface area contributed by atoms with E-state index in [0.717, 1.165) is 0 Å². The van der Waals surface area contributed by atoms with Gasteiger partial charge in [0, 0.05) is 17.0 Å². The smallest absolute Gasteiger partial charge is 0.338 e. The lowest BCUT2D eigenvalue weighted by Gasteiger charge is -2.12. The van der Waals surface area contributed by atoms with Gasteiger partial charge in [0.2, 0.25) is 0 Å². The average Bonchev–Trinajstić information content (AvgIpc) is 3.09. The summed E-state index contributed by atoms with van der Waals surface area (Å²) in [5.41, 5.74) is 0.847. The zero-order valence-electron chi connectivity index (χ0n) is 15.8. The Morgan fingerprint density at radius 2 is 1.83 bits per heavy atom. The molecule has 148 valence electrons. The van der Waals surface area contributed by atoms with E-state index in [0.29, 0.717) is 16.3 Å². The van der Waals surface area contributed by atoms with Crippen LogP contribution in [0.4, 0.5) is 0 Å². The van der Waals surface area contributed by atoms with Crippen LogP contribution in [0.25, 0.3) is 21.9 Å². The molecule has 2 heterocycles. The van der Waals surface area contributed by atoms with Gasteiger partial charge in [-0.15, -0.1) is 0 Å². The predicted molar refractivity (Wildman–Crippen MR) is 109 cm³/mol. The first-order chi connectivity index (χ1) is 14.0. The minimum Gasteiger partial charge on any atom is -0.494 e. The van der Waals surface area contributed by atoms with Gasteiger partial charge < -0.3 is 9.47 Å². The highest BCUT2D eigenvalue weighted by Crippen LogP contribution is 2.37. The molecule has 0 aliphatic carbocycles. The van der Waals surface area contributed by atoms with E-state index in [4.69, 9.17) is 9.47 Å². The number of hydrogen-bond donors (Lipinski definition) is 0. The standard InChI is InChI=1S/C21H18N2O5S/c1-3-28-21(24)14-12-17-16-10-7-11-22-20(16)23(19(17)18(13-14)27-2)29(25,26)15-8-5-4-6-9-15/h4-13H,3H2,1-2H3. The molecular weight excluding hydrogens is 392 g/mol. The normalized spacial score (nSPS) is 11.7. The summed E-state index contributed by atoms with van der Waals surface area (Å²) in [6.07, 6.45) is 1.52. The lowest BCUT2D eigenvalue weighted by atomic mass is 10.1. The van der Waals surface area contributed by atoms with Crippen LogP contribution < -0.4 is 4.74 Å². The molecular formula is C21H18N2O5S. The molecule has 29 heavy (non-hydrogen) atoms. The number of benzene rings is 2. The van der Waals surface area contributed by atoms with E-state index >= 15 is 0 Å². The summed E-state index contributed by atoms with van der Waals surface area (Å²) in [7, 11) is -2.54. The van der Waals surface area contributed by atoms with Gasteiger partial charge >= 0.3 is 5.97 Å². The summed E-state index contributed by atoms with van der Waals surface area (Å²) in [6.45, 7) is 1.95. The number of pyridine rings is 1. The van der Waals surface area contributed by atoms with E-state index in [1.165, 1.54) is 35.5 Å². The lowest BCUT2D eigenvalue weighted by Crippen LogP contribution is -2.14. The summed E-state index contributed by atoms with van der Waals surface area (Å²) in [4.78, 5) is 16.7. The number of aromatic nitrogens is 2. The Morgan fingerprint density at radius 3 is 2.52 bits per heavy atom. The Labute approximate surface area is 167 Å². The first-order valence-corrected chi connectivity index (χ1v) is 10.4. The van der Waals surface area contributed by atoms with E-state index in [1.807, 2.05) is 0 Å². The molecule has 2 aromatic heterocycles. The molecule has 0 spiro atoms. The molecule has 2 aromatic carbocycles. The molecule has 0 saturated carbocycles. The fourth-order valence-corrected chi connectivity index (χ4v) is 4.83. The van der Waals surface area contributed by atoms with Gasteiger partial charge in [0.25, 0.3) is 10.0 Å². The van der Waals surface area contributed by atoms with Crippen LogP contribution in [0.3, 0.4) is 0 Å². The number of fused-ring (bicyclic) bond motifs is 3. The van der Waals surface area contributed by atoms with Gasteiger partial charge in [0.1, 0.15) is 11.3 Å². The maximum absolute atomic E-state index is 13.5. The first-order valence-electron chi connectivity index (χ1n) is 8.94. The number of hydrogen-bond acceptors (Lipinski definition) is 6. The van der Waals surface area contributed by atoms with Crippen molar-refractivity contribution in [1.29, 1.82) is 0 Å². The zero-order chi connectivity index (χ0) is 20.6. The molecule has 0 fully saturated rings. The molecule has 0 aliphatic rings. The fourth-order valence-electron chi connectivity index (χ4n) is 3.32. The monoisotopic (exact) mass is 410 g/mol. The first kappa shape index (κ1) is 18.9. The quantitative estimate of drug-likeness (QED) is 0.467. The highest BCUT2D eigenvalue weighted by atomic mass is 32.2. The number of nitrogens with zero attached hydrogens (tertiary/aromatic N) is 2. The second-order valence-corrected chi connectivity index (χ2v) is 8.04. The van der Waals surface area contributed by atoms with Crippen LogP contribution >= 0.6 is 0 Å². The van der Waals surface area contributed by atoms with Crippen LogP contribution in [0.15, 0.2) is 65.7 Å². The van der Waals surface area contributed by atoms with E-state index in [-0.39, 0.29) is 28.5 Å². The minimum absolute atomic E-state index is 0.126. The Kier molecular flexibility index (Phi) is 4.71. The van der Waals surface area contributed by atoms with Crippen molar-refractivity contribution in [2.24, 2.45) is 0 Å². The molecule has 4 rings (SSSR count). The van der Waals surface area contributed by atoms with Gasteiger partial charge in [-0.05, 0) is 43.3 Å².